The minimum absolute atomic E-state index is 0.0942. The summed E-state index contributed by atoms with van der Waals surface area (Å²) in [6.07, 6.45) is 0.795. The van der Waals surface area contributed by atoms with E-state index in [2.05, 4.69) is 20.5 Å². The number of H-pyrrole nitrogens is 1. The Bertz CT molecular complexity index is 614. The number of aromatic nitrogens is 3. The minimum Gasteiger partial charge on any atom is -0.325 e. The van der Waals surface area contributed by atoms with Gasteiger partial charge in [0.05, 0.1) is 5.75 Å². The molecule has 5 nitrogen and oxygen atoms in total. The molecule has 0 saturated heterocycles. The molecule has 0 aliphatic rings. The van der Waals surface area contributed by atoms with E-state index in [9.17, 15) is 4.79 Å². The molecule has 0 atom stereocenters. The van der Waals surface area contributed by atoms with Gasteiger partial charge in [-0.2, -0.15) is 0 Å². The molecule has 0 aliphatic heterocycles. The van der Waals surface area contributed by atoms with Gasteiger partial charge in [0.25, 0.3) is 0 Å². The minimum atomic E-state index is -0.0942. The van der Waals surface area contributed by atoms with E-state index in [1.54, 1.807) is 12.1 Å². The zero-order valence-electron chi connectivity index (χ0n) is 11.2. The molecule has 0 saturated carbocycles. The van der Waals surface area contributed by atoms with Crippen LogP contribution in [0.4, 0.5) is 5.69 Å². The molecule has 1 aromatic heterocycles. The molecule has 0 aliphatic carbocycles. The van der Waals surface area contributed by atoms with Crippen molar-refractivity contribution in [2.45, 2.75) is 25.4 Å². The lowest BCUT2D eigenvalue weighted by Gasteiger charge is -2.07. The summed E-state index contributed by atoms with van der Waals surface area (Å²) in [5.74, 6) is 0.994. The van der Waals surface area contributed by atoms with Crippen molar-refractivity contribution < 1.29 is 4.79 Å². The maximum atomic E-state index is 11.9. The Labute approximate surface area is 126 Å². The van der Waals surface area contributed by atoms with E-state index in [4.69, 9.17) is 11.6 Å². The van der Waals surface area contributed by atoms with Crippen molar-refractivity contribution in [2.24, 2.45) is 0 Å². The van der Waals surface area contributed by atoms with Gasteiger partial charge in [0.2, 0.25) is 11.1 Å². The monoisotopic (exact) mass is 310 g/mol. The van der Waals surface area contributed by atoms with Crippen molar-refractivity contribution in [1.29, 1.82) is 0 Å². The summed E-state index contributed by atoms with van der Waals surface area (Å²) >= 11 is 7.18. The summed E-state index contributed by atoms with van der Waals surface area (Å²) in [6.45, 7) is 3.89. The van der Waals surface area contributed by atoms with Crippen LogP contribution in [-0.2, 0) is 11.2 Å². The quantitative estimate of drug-likeness (QED) is 0.833. The zero-order valence-corrected chi connectivity index (χ0v) is 12.8. The number of nitrogens with zero attached hydrogens (tertiary/aromatic N) is 2. The number of aryl methyl sites for hydroxylation is 2. The van der Waals surface area contributed by atoms with E-state index in [0.717, 1.165) is 23.5 Å². The van der Waals surface area contributed by atoms with Gasteiger partial charge in [0.15, 0.2) is 0 Å². The molecule has 2 rings (SSSR count). The van der Waals surface area contributed by atoms with Gasteiger partial charge in [-0.1, -0.05) is 30.3 Å². The highest BCUT2D eigenvalue weighted by atomic mass is 35.5. The molecule has 2 aromatic rings. The van der Waals surface area contributed by atoms with Crippen molar-refractivity contribution in [3.63, 3.8) is 0 Å². The standard InChI is InChI=1S/C13H15ClN4OS/c1-3-11-16-13(18-17-11)20-7-12(19)15-10-5-4-9(14)6-8(10)2/h4-6H,3,7H2,1-2H3,(H,15,19)(H,16,17,18). The first-order valence-electron chi connectivity index (χ1n) is 6.18. The van der Waals surface area contributed by atoms with Crippen LogP contribution >= 0.6 is 23.4 Å². The number of thioether (sulfide) groups is 1. The summed E-state index contributed by atoms with van der Waals surface area (Å²) in [4.78, 5) is 16.1. The molecule has 0 radical (unpaired) electrons. The fraction of sp³-hybridized carbons (Fsp3) is 0.308. The Balaban J connectivity index is 1.89. The number of halogens is 1. The number of carbonyl (C=O) groups is 1. The number of hydrogen-bond donors (Lipinski definition) is 2. The second-order valence-electron chi connectivity index (χ2n) is 4.21. The predicted molar refractivity (Wildman–Crippen MR) is 81.3 cm³/mol. The predicted octanol–water partition coefficient (Wildman–Crippen LogP) is 3.06. The molecule has 20 heavy (non-hydrogen) atoms. The first-order chi connectivity index (χ1) is 9.58. The highest BCUT2D eigenvalue weighted by molar-refractivity contribution is 7.99. The second-order valence-corrected chi connectivity index (χ2v) is 5.59. The fourth-order valence-corrected chi connectivity index (χ4v) is 2.43. The van der Waals surface area contributed by atoms with Crippen LogP contribution in [0.3, 0.4) is 0 Å². The highest BCUT2D eigenvalue weighted by Crippen LogP contribution is 2.20. The molecule has 2 N–H and O–H groups in total. The first-order valence-corrected chi connectivity index (χ1v) is 7.55. The van der Waals surface area contributed by atoms with Crippen molar-refractivity contribution >= 4 is 35.0 Å². The lowest BCUT2D eigenvalue weighted by molar-refractivity contribution is -0.113. The SMILES string of the molecule is CCc1nc(SCC(=O)Nc2ccc(Cl)cc2C)n[nH]1. The number of anilines is 1. The molecule has 106 valence electrons. The molecule has 7 heteroatoms. The molecule has 0 fully saturated rings. The van der Waals surface area contributed by atoms with Gasteiger partial charge in [0.1, 0.15) is 5.82 Å². The Morgan fingerprint density at radius 3 is 2.95 bits per heavy atom. The fourth-order valence-electron chi connectivity index (χ4n) is 1.58. The van der Waals surface area contributed by atoms with E-state index in [-0.39, 0.29) is 11.7 Å². The van der Waals surface area contributed by atoms with Crippen molar-refractivity contribution in [3.05, 3.63) is 34.6 Å². The van der Waals surface area contributed by atoms with Gasteiger partial charge in [0, 0.05) is 17.1 Å². The molecular formula is C13H15ClN4OS. The average Bonchev–Trinajstić information content (AvgIpc) is 2.88. The number of amides is 1. The normalized spacial score (nSPS) is 10.6. The first kappa shape index (κ1) is 14.9. The van der Waals surface area contributed by atoms with Crippen LogP contribution in [0.1, 0.15) is 18.3 Å². The van der Waals surface area contributed by atoms with E-state index in [1.807, 2.05) is 19.9 Å². The molecule has 0 bridgehead atoms. The molecular weight excluding hydrogens is 296 g/mol. The third-order valence-corrected chi connectivity index (χ3v) is 3.72. The molecule has 0 unspecified atom stereocenters. The second kappa shape index (κ2) is 6.76. The third kappa shape index (κ3) is 3.98. The maximum Gasteiger partial charge on any atom is 0.234 e. The number of aromatic amines is 1. The Hall–Kier alpha value is -1.53. The van der Waals surface area contributed by atoms with Gasteiger partial charge in [-0.25, -0.2) is 4.98 Å². The smallest absolute Gasteiger partial charge is 0.234 e. The van der Waals surface area contributed by atoms with Crippen LogP contribution in [-0.4, -0.2) is 26.8 Å². The van der Waals surface area contributed by atoms with Gasteiger partial charge < -0.3 is 5.32 Å². The van der Waals surface area contributed by atoms with Crippen LogP contribution < -0.4 is 5.32 Å². The summed E-state index contributed by atoms with van der Waals surface area (Å²) in [7, 11) is 0. The Morgan fingerprint density at radius 1 is 1.50 bits per heavy atom. The largest absolute Gasteiger partial charge is 0.325 e. The molecule has 1 aromatic carbocycles. The zero-order chi connectivity index (χ0) is 14.5. The summed E-state index contributed by atoms with van der Waals surface area (Å²) in [6, 6.07) is 5.36. The lowest BCUT2D eigenvalue weighted by atomic mass is 10.2. The van der Waals surface area contributed by atoms with Crippen molar-refractivity contribution in [3.8, 4) is 0 Å². The van der Waals surface area contributed by atoms with Crippen LogP contribution in [0.25, 0.3) is 0 Å². The van der Waals surface area contributed by atoms with Crippen LogP contribution in [0.5, 0.6) is 0 Å². The van der Waals surface area contributed by atoms with Crippen molar-refractivity contribution in [1.82, 2.24) is 15.2 Å². The number of benzene rings is 1. The van der Waals surface area contributed by atoms with E-state index >= 15 is 0 Å². The number of rotatable bonds is 5. The van der Waals surface area contributed by atoms with E-state index in [0.29, 0.717) is 10.2 Å². The highest BCUT2D eigenvalue weighted by Gasteiger charge is 2.08. The molecule has 1 heterocycles. The molecule has 1 amide bonds. The van der Waals surface area contributed by atoms with Crippen molar-refractivity contribution in [2.75, 3.05) is 11.1 Å². The van der Waals surface area contributed by atoms with E-state index < -0.39 is 0 Å². The van der Waals surface area contributed by atoms with Crippen LogP contribution in [0.15, 0.2) is 23.4 Å². The summed E-state index contributed by atoms with van der Waals surface area (Å²) in [5, 5.41) is 10.9. The number of carbonyl (C=O) groups excluding carboxylic acids is 1. The summed E-state index contributed by atoms with van der Waals surface area (Å²) in [5.41, 5.74) is 1.70. The van der Waals surface area contributed by atoms with Gasteiger partial charge in [-0.05, 0) is 30.7 Å². The number of nitrogens with one attached hydrogen (secondary N) is 2. The van der Waals surface area contributed by atoms with Crippen LogP contribution in [0.2, 0.25) is 5.02 Å². The lowest BCUT2D eigenvalue weighted by Crippen LogP contribution is -2.14. The summed E-state index contributed by atoms with van der Waals surface area (Å²) < 4.78 is 0. The Kier molecular flexibility index (Phi) is 5.03. The van der Waals surface area contributed by atoms with Gasteiger partial charge in [-0.3, -0.25) is 9.89 Å². The van der Waals surface area contributed by atoms with E-state index in [1.165, 1.54) is 11.8 Å². The molecule has 0 spiro atoms. The maximum absolute atomic E-state index is 11.9. The van der Waals surface area contributed by atoms with Gasteiger partial charge in [-0.15, -0.1) is 5.10 Å². The van der Waals surface area contributed by atoms with Crippen LogP contribution in [0, 0.1) is 6.92 Å². The topological polar surface area (TPSA) is 70.7 Å². The third-order valence-electron chi connectivity index (χ3n) is 2.64. The Morgan fingerprint density at radius 2 is 2.30 bits per heavy atom. The average molecular weight is 311 g/mol. The number of hydrogen-bond acceptors (Lipinski definition) is 4. The van der Waals surface area contributed by atoms with Gasteiger partial charge >= 0.3 is 0 Å².